The van der Waals surface area contributed by atoms with E-state index < -0.39 is 0 Å². The third kappa shape index (κ3) is 2.15. The van der Waals surface area contributed by atoms with E-state index in [4.69, 9.17) is 5.73 Å². The zero-order chi connectivity index (χ0) is 12.4. The average Bonchev–Trinajstić information content (AvgIpc) is 2.91. The van der Waals surface area contributed by atoms with Crippen LogP contribution >= 0.6 is 11.3 Å². The van der Waals surface area contributed by atoms with Gasteiger partial charge in [0.1, 0.15) is 0 Å². The lowest BCUT2D eigenvalue weighted by Gasteiger charge is -2.13. The summed E-state index contributed by atoms with van der Waals surface area (Å²) in [6.07, 6.45) is 2.63. The molecule has 1 unspecified atom stereocenters. The van der Waals surface area contributed by atoms with Gasteiger partial charge in [0.25, 0.3) is 0 Å². The topological polar surface area (TPSA) is 38.9 Å². The first-order valence-corrected chi connectivity index (χ1v) is 6.84. The van der Waals surface area contributed by atoms with E-state index in [0.717, 1.165) is 11.4 Å². The van der Waals surface area contributed by atoms with Crippen molar-refractivity contribution in [3.8, 4) is 0 Å². The third-order valence-corrected chi connectivity index (χ3v) is 3.90. The van der Waals surface area contributed by atoms with E-state index in [0.29, 0.717) is 0 Å². The number of hydrogen-bond acceptors (Lipinski definition) is 3. The van der Waals surface area contributed by atoms with Gasteiger partial charge in [0.15, 0.2) is 0 Å². The molecular formula is C15H14N2S. The third-order valence-electron chi connectivity index (χ3n) is 3.10. The number of hydrogen-bond donors (Lipinski definition) is 1. The van der Waals surface area contributed by atoms with Gasteiger partial charge in [-0.1, -0.05) is 42.5 Å². The van der Waals surface area contributed by atoms with Gasteiger partial charge in [-0.25, -0.2) is 4.98 Å². The van der Waals surface area contributed by atoms with Crippen LogP contribution in [0.1, 0.15) is 16.6 Å². The molecule has 2 nitrogen and oxygen atoms in total. The van der Waals surface area contributed by atoms with Crippen LogP contribution in [0.5, 0.6) is 0 Å². The Hall–Kier alpha value is -1.71. The Morgan fingerprint density at radius 2 is 1.94 bits per heavy atom. The number of nitrogens with two attached hydrogens (primary N) is 1. The van der Waals surface area contributed by atoms with Crippen molar-refractivity contribution in [3.05, 3.63) is 64.6 Å². The summed E-state index contributed by atoms with van der Waals surface area (Å²) in [5, 5.41) is 5.56. The largest absolute Gasteiger partial charge is 0.324 e. The molecule has 1 atom stereocenters. The van der Waals surface area contributed by atoms with Crippen LogP contribution in [0.25, 0.3) is 10.8 Å². The molecule has 1 aromatic heterocycles. The zero-order valence-electron chi connectivity index (χ0n) is 9.91. The van der Waals surface area contributed by atoms with Crippen molar-refractivity contribution in [3.63, 3.8) is 0 Å². The molecule has 0 bridgehead atoms. The van der Waals surface area contributed by atoms with E-state index in [1.807, 2.05) is 11.6 Å². The number of rotatable bonds is 3. The summed E-state index contributed by atoms with van der Waals surface area (Å²) < 4.78 is 0. The summed E-state index contributed by atoms with van der Waals surface area (Å²) in [4.78, 5) is 4.30. The van der Waals surface area contributed by atoms with Crippen molar-refractivity contribution in [1.82, 2.24) is 4.98 Å². The number of thiazole rings is 1. The minimum absolute atomic E-state index is 0.00208. The molecular weight excluding hydrogens is 240 g/mol. The predicted molar refractivity (Wildman–Crippen MR) is 76.7 cm³/mol. The Morgan fingerprint density at radius 1 is 1.11 bits per heavy atom. The Labute approximate surface area is 110 Å². The highest BCUT2D eigenvalue weighted by Gasteiger charge is 2.11. The fourth-order valence-corrected chi connectivity index (χ4v) is 2.90. The quantitative estimate of drug-likeness (QED) is 0.776. The van der Waals surface area contributed by atoms with Crippen LogP contribution in [0.4, 0.5) is 0 Å². The second-order valence-electron chi connectivity index (χ2n) is 4.30. The summed E-state index contributed by atoms with van der Waals surface area (Å²) in [6, 6.07) is 14.7. The minimum Gasteiger partial charge on any atom is -0.324 e. The number of aromatic nitrogens is 1. The molecule has 0 radical (unpaired) electrons. The lowest BCUT2D eigenvalue weighted by Crippen LogP contribution is -2.13. The van der Waals surface area contributed by atoms with Gasteiger partial charge >= 0.3 is 0 Å². The molecule has 0 spiro atoms. The molecule has 0 fully saturated rings. The summed E-state index contributed by atoms with van der Waals surface area (Å²) >= 11 is 1.66. The van der Waals surface area contributed by atoms with Gasteiger partial charge in [-0.15, -0.1) is 11.3 Å². The maximum absolute atomic E-state index is 6.32. The van der Waals surface area contributed by atoms with E-state index in [2.05, 4.69) is 47.4 Å². The van der Waals surface area contributed by atoms with E-state index in [-0.39, 0.29) is 6.04 Å². The van der Waals surface area contributed by atoms with Crippen molar-refractivity contribution < 1.29 is 0 Å². The first-order chi connectivity index (χ1) is 8.84. The van der Waals surface area contributed by atoms with Gasteiger partial charge in [0, 0.05) is 24.0 Å². The van der Waals surface area contributed by atoms with Crippen molar-refractivity contribution >= 4 is 22.1 Å². The molecule has 1 heterocycles. The Bertz CT molecular complexity index is 641. The standard InChI is InChI=1S/C15H14N2S/c16-14(10-15-17-8-9-18-15)13-7-3-5-11-4-1-2-6-12(11)13/h1-9,14H,10,16H2. The first-order valence-electron chi connectivity index (χ1n) is 5.96. The molecule has 0 saturated heterocycles. The van der Waals surface area contributed by atoms with E-state index in [9.17, 15) is 0 Å². The molecule has 3 heteroatoms. The van der Waals surface area contributed by atoms with Gasteiger partial charge in [0.05, 0.1) is 5.01 Å². The number of nitrogens with zero attached hydrogens (tertiary/aromatic N) is 1. The predicted octanol–water partition coefficient (Wildman–Crippen LogP) is 3.54. The van der Waals surface area contributed by atoms with Crippen molar-refractivity contribution in [2.24, 2.45) is 5.73 Å². The van der Waals surface area contributed by atoms with Crippen molar-refractivity contribution in [2.45, 2.75) is 12.5 Å². The lowest BCUT2D eigenvalue weighted by atomic mass is 9.97. The molecule has 0 aliphatic carbocycles. The maximum Gasteiger partial charge on any atom is 0.0943 e. The second-order valence-corrected chi connectivity index (χ2v) is 5.28. The van der Waals surface area contributed by atoms with Crippen LogP contribution in [0.3, 0.4) is 0 Å². The molecule has 0 aliphatic rings. The van der Waals surface area contributed by atoms with Crippen molar-refractivity contribution in [1.29, 1.82) is 0 Å². The minimum atomic E-state index is 0.00208. The fraction of sp³-hybridized carbons (Fsp3) is 0.133. The van der Waals surface area contributed by atoms with Gasteiger partial charge in [-0.05, 0) is 16.3 Å². The monoisotopic (exact) mass is 254 g/mol. The van der Waals surface area contributed by atoms with Crippen LogP contribution < -0.4 is 5.73 Å². The fourth-order valence-electron chi connectivity index (χ4n) is 2.23. The maximum atomic E-state index is 6.32. The van der Waals surface area contributed by atoms with E-state index >= 15 is 0 Å². The van der Waals surface area contributed by atoms with Crippen LogP contribution in [-0.2, 0) is 6.42 Å². The van der Waals surface area contributed by atoms with Gasteiger partial charge in [-0.3, -0.25) is 0 Å². The summed E-state index contributed by atoms with van der Waals surface area (Å²) in [6.45, 7) is 0. The molecule has 2 aromatic carbocycles. The highest BCUT2D eigenvalue weighted by molar-refractivity contribution is 7.09. The zero-order valence-corrected chi connectivity index (χ0v) is 10.7. The molecule has 18 heavy (non-hydrogen) atoms. The van der Waals surface area contributed by atoms with Gasteiger partial charge in [0.2, 0.25) is 0 Å². The van der Waals surface area contributed by atoms with E-state index in [1.54, 1.807) is 11.3 Å². The van der Waals surface area contributed by atoms with Crippen LogP contribution in [0.15, 0.2) is 54.0 Å². The molecule has 0 amide bonds. The summed E-state index contributed by atoms with van der Waals surface area (Å²) in [5.74, 6) is 0. The lowest BCUT2D eigenvalue weighted by molar-refractivity contribution is 0.724. The molecule has 0 aliphatic heterocycles. The molecule has 3 aromatic rings. The SMILES string of the molecule is NC(Cc1nccs1)c1cccc2ccccc12. The van der Waals surface area contributed by atoms with Gasteiger partial charge in [-0.2, -0.15) is 0 Å². The molecule has 90 valence electrons. The molecule has 0 saturated carbocycles. The smallest absolute Gasteiger partial charge is 0.0943 e. The number of benzene rings is 2. The molecule has 2 N–H and O–H groups in total. The Kier molecular flexibility index (Phi) is 3.09. The van der Waals surface area contributed by atoms with E-state index in [1.165, 1.54) is 16.3 Å². The normalized spacial score (nSPS) is 12.7. The average molecular weight is 254 g/mol. The van der Waals surface area contributed by atoms with Crippen LogP contribution in [-0.4, -0.2) is 4.98 Å². The number of fused-ring (bicyclic) bond motifs is 1. The Balaban J connectivity index is 1.98. The summed E-state index contributed by atoms with van der Waals surface area (Å²) in [7, 11) is 0. The molecule has 3 rings (SSSR count). The van der Waals surface area contributed by atoms with Crippen molar-refractivity contribution in [2.75, 3.05) is 0 Å². The summed E-state index contributed by atoms with van der Waals surface area (Å²) in [5.41, 5.74) is 7.52. The first kappa shape index (κ1) is 11.4. The van der Waals surface area contributed by atoms with Crippen LogP contribution in [0.2, 0.25) is 0 Å². The van der Waals surface area contributed by atoms with Crippen LogP contribution in [0, 0.1) is 0 Å². The Morgan fingerprint density at radius 3 is 2.78 bits per heavy atom. The highest BCUT2D eigenvalue weighted by Crippen LogP contribution is 2.25. The van der Waals surface area contributed by atoms with Gasteiger partial charge < -0.3 is 5.73 Å². The second kappa shape index (κ2) is 4.88. The highest BCUT2D eigenvalue weighted by atomic mass is 32.1.